The van der Waals surface area contributed by atoms with E-state index < -0.39 is 16.7 Å². The molecule has 1 aromatic carbocycles. The van der Waals surface area contributed by atoms with E-state index in [4.69, 9.17) is 4.18 Å². The van der Waals surface area contributed by atoms with Crippen molar-refractivity contribution in [3.8, 4) is 0 Å². The molecule has 0 aliphatic rings. The van der Waals surface area contributed by atoms with E-state index in [0.29, 0.717) is 0 Å². The zero-order valence-corrected chi connectivity index (χ0v) is 17.2. The van der Waals surface area contributed by atoms with Gasteiger partial charge in [-0.15, -0.1) is 0 Å². The third kappa shape index (κ3) is 10.1. The first-order valence-corrected chi connectivity index (χ1v) is 11.3. The lowest BCUT2D eigenvalue weighted by atomic mass is 10.0. The fourth-order valence-electron chi connectivity index (χ4n) is 2.87. The second kappa shape index (κ2) is 13.0. The summed E-state index contributed by atoms with van der Waals surface area (Å²) >= 11 is 0. The number of benzene rings is 1. The summed E-state index contributed by atoms with van der Waals surface area (Å²) < 4.78 is 28.5. The van der Waals surface area contributed by atoms with Crippen molar-refractivity contribution in [2.24, 2.45) is 0 Å². The van der Waals surface area contributed by atoms with Crippen LogP contribution < -0.4 is 0 Å². The van der Waals surface area contributed by atoms with Gasteiger partial charge >= 0.3 is 0 Å². The highest BCUT2D eigenvalue weighted by atomic mass is 32.2. The van der Waals surface area contributed by atoms with E-state index in [1.54, 1.807) is 12.1 Å². The van der Waals surface area contributed by atoms with Crippen molar-refractivity contribution in [2.75, 3.05) is 6.61 Å². The minimum atomic E-state index is -3.84. The summed E-state index contributed by atoms with van der Waals surface area (Å²) in [6.07, 6.45) is 14.0. The Morgan fingerprint density at radius 1 is 0.846 bits per heavy atom. The number of hydrogen-bond acceptors (Lipinski definition) is 4. The maximum absolute atomic E-state index is 11.9. The molecule has 0 saturated heterocycles. The normalized spacial score (nSPS) is 11.6. The van der Waals surface area contributed by atoms with Crippen LogP contribution in [0.5, 0.6) is 0 Å². The van der Waals surface area contributed by atoms with Crippen LogP contribution >= 0.6 is 0 Å². The molecule has 0 amide bonds. The van der Waals surface area contributed by atoms with Crippen molar-refractivity contribution in [3.05, 3.63) is 29.8 Å². The molecule has 0 aromatic heterocycles. The molecule has 0 spiro atoms. The summed E-state index contributed by atoms with van der Waals surface area (Å²) in [5.41, 5.74) is 1.13. The quantitative estimate of drug-likeness (QED) is 0.299. The number of Topliss-reactive ketones (excluding diaryl/α,β-unsaturated/α-hetero) is 1. The Bertz CT molecular complexity index is 605. The van der Waals surface area contributed by atoms with Crippen molar-refractivity contribution in [3.63, 3.8) is 0 Å². The highest BCUT2D eigenvalue weighted by Gasteiger charge is 2.15. The van der Waals surface area contributed by atoms with Gasteiger partial charge in [-0.3, -0.25) is 8.98 Å². The summed E-state index contributed by atoms with van der Waals surface area (Å²) in [7, 11) is -3.84. The van der Waals surface area contributed by atoms with Crippen LogP contribution in [0.4, 0.5) is 0 Å². The Morgan fingerprint density at radius 2 is 1.35 bits per heavy atom. The predicted molar refractivity (Wildman–Crippen MR) is 106 cm³/mol. The van der Waals surface area contributed by atoms with Crippen LogP contribution in [0.2, 0.25) is 0 Å². The first-order valence-electron chi connectivity index (χ1n) is 9.93. The zero-order valence-electron chi connectivity index (χ0n) is 16.3. The van der Waals surface area contributed by atoms with Crippen LogP contribution in [0.3, 0.4) is 0 Å². The molecule has 5 heteroatoms. The minimum absolute atomic E-state index is 0.102. The molecule has 0 radical (unpaired) electrons. The van der Waals surface area contributed by atoms with Crippen LogP contribution in [0.1, 0.15) is 83.6 Å². The average Bonchev–Trinajstić information content (AvgIpc) is 2.62. The topological polar surface area (TPSA) is 60.4 Å². The van der Waals surface area contributed by atoms with Gasteiger partial charge < -0.3 is 0 Å². The van der Waals surface area contributed by atoms with E-state index in [-0.39, 0.29) is 10.7 Å². The maximum atomic E-state index is 11.9. The van der Waals surface area contributed by atoms with Crippen molar-refractivity contribution in [1.29, 1.82) is 0 Å². The molecule has 26 heavy (non-hydrogen) atoms. The summed E-state index contributed by atoms with van der Waals surface area (Å²) in [6, 6.07) is 6.78. The molecule has 0 aliphatic heterocycles. The molecule has 4 nitrogen and oxygen atoms in total. The van der Waals surface area contributed by atoms with E-state index in [0.717, 1.165) is 18.4 Å². The van der Waals surface area contributed by atoms with E-state index in [1.807, 2.05) is 12.1 Å². The zero-order chi connectivity index (χ0) is 19.3. The molecule has 0 atom stereocenters. The number of carbonyl (C=O) groups excluding carboxylic acids is 1. The fraction of sp³-hybridized carbons (Fsp3) is 0.667. The highest BCUT2D eigenvalue weighted by Crippen LogP contribution is 2.16. The number of aryl methyl sites for hydroxylation is 1. The second-order valence-corrected chi connectivity index (χ2v) is 8.61. The van der Waals surface area contributed by atoms with Crippen LogP contribution in [0.25, 0.3) is 0 Å². The molecule has 0 bridgehead atoms. The third-order valence-electron chi connectivity index (χ3n) is 4.45. The molecule has 0 heterocycles. The first-order chi connectivity index (χ1) is 12.5. The van der Waals surface area contributed by atoms with Crippen LogP contribution in [-0.4, -0.2) is 20.8 Å². The fourth-order valence-corrected chi connectivity index (χ4v) is 3.79. The SMILES string of the molecule is CCCCCCCCCCCCc1ccc(S(=O)(=O)OCC(C)=O)cc1. The molecule has 0 N–H and O–H groups in total. The van der Waals surface area contributed by atoms with Gasteiger partial charge in [0.05, 0.1) is 4.90 Å². The van der Waals surface area contributed by atoms with Gasteiger partial charge in [-0.1, -0.05) is 76.8 Å². The molecular weight excluding hydrogens is 348 g/mol. The van der Waals surface area contributed by atoms with Gasteiger partial charge in [-0.25, -0.2) is 0 Å². The molecule has 0 aliphatic carbocycles. The van der Waals surface area contributed by atoms with E-state index in [9.17, 15) is 13.2 Å². The number of unbranched alkanes of at least 4 members (excludes halogenated alkanes) is 9. The monoisotopic (exact) mass is 382 g/mol. The van der Waals surface area contributed by atoms with Gasteiger partial charge in [0.1, 0.15) is 6.61 Å². The lowest BCUT2D eigenvalue weighted by molar-refractivity contribution is -0.118. The molecule has 1 aromatic rings. The Morgan fingerprint density at radius 3 is 1.85 bits per heavy atom. The maximum Gasteiger partial charge on any atom is 0.297 e. The molecule has 0 unspecified atom stereocenters. The van der Waals surface area contributed by atoms with Gasteiger partial charge in [-0.2, -0.15) is 8.42 Å². The number of rotatable bonds is 15. The smallest absolute Gasteiger partial charge is 0.297 e. The van der Waals surface area contributed by atoms with E-state index in [2.05, 4.69) is 6.92 Å². The molecular formula is C21H34O4S. The molecule has 0 fully saturated rings. The van der Waals surface area contributed by atoms with E-state index >= 15 is 0 Å². The largest absolute Gasteiger partial charge is 0.297 e. The number of ketones is 1. The summed E-state index contributed by atoms with van der Waals surface area (Å²) in [5.74, 6) is -0.314. The highest BCUT2D eigenvalue weighted by molar-refractivity contribution is 7.86. The first kappa shape index (κ1) is 22.8. The lowest BCUT2D eigenvalue weighted by Gasteiger charge is -2.06. The van der Waals surface area contributed by atoms with Gasteiger partial charge in [0.2, 0.25) is 0 Å². The summed E-state index contributed by atoms with van der Waals surface area (Å²) in [6.45, 7) is 3.13. The summed E-state index contributed by atoms with van der Waals surface area (Å²) in [5, 5.41) is 0. The van der Waals surface area contributed by atoms with E-state index in [1.165, 1.54) is 64.7 Å². The predicted octanol–water partition coefficient (Wildman–Crippen LogP) is 5.44. The molecule has 1 rings (SSSR count). The second-order valence-electron chi connectivity index (χ2n) is 6.99. The van der Waals surface area contributed by atoms with Crippen molar-refractivity contribution >= 4 is 15.9 Å². The summed E-state index contributed by atoms with van der Waals surface area (Å²) in [4.78, 5) is 11.0. The van der Waals surface area contributed by atoms with Gasteiger partial charge in [0.25, 0.3) is 10.1 Å². The molecule has 0 saturated carbocycles. The van der Waals surface area contributed by atoms with Gasteiger partial charge in [-0.05, 0) is 37.5 Å². The average molecular weight is 383 g/mol. The van der Waals surface area contributed by atoms with Crippen LogP contribution in [0, 0.1) is 0 Å². The Labute approximate surface area is 159 Å². The standard InChI is InChI=1S/C21H34O4S/c1-3-4-5-6-7-8-9-10-11-12-13-20-14-16-21(17-15-20)26(23,24)25-18-19(2)22/h14-17H,3-13,18H2,1-2H3. The van der Waals surface area contributed by atoms with Crippen molar-refractivity contribution in [2.45, 2.75) is 89.4 Å². The van der Waals surface area contributed by atoms with Crippen LogP contribution in [0.15, 0.2) is 29.2 Å². The lowest BCUT2D eigenvalue weighted by Crippen LogP contribution is -2.12. The Balaban J connectivity index is 2.20. The van der Waals surface area contributed by atoms with Crippen molar-refractivity contribution < 1.29 is 17.4 Å². The number of carbonyl (C=O) groups is 1. The van der Waals surface area contributed by atoms with Crippen LogP contribution in [-0.2, 0) is 25.5 Å². The third-order valence-corrected chi connectivity index (χ3v) is 5.73. The number of hydrogen-bond donors (Lipinski definition) is 0. The minimum Gasteiger partial charge on any atom is -0.297 e. The molecule has 148 valence electrons. The Kier molecular flexibility index (Phi) is 11.5. The van der Waals surface area contributed by atoms with Gasteiger partial charge in [0, 0.05) is 0 Å². The van der Waals surface area contributed by atoms with Crippen molar-refractivity contribution in [1.82, 2.24) is 0 Å². The Hall–Kier alpha value is -1.20. The van der Waals surface area contributed by atoms with Gasteiger partial charge in [0.15, 0.2) is 5.78 Å².